The predicted octanol–water partition coefficient (Wildman–Crippen LogP) is 5.70. The van der Waals surface area contributed by atoms with Crippen molar-refractivity contribution >= 4 is 0 Å². The monoisotopic (exact) mass is 516 g/mol. The van der Waals surface area contributed by atoms with Crippen LogP contribution in [0.25, 0.3) is 0 Å². The van der Waals surface area contributed by atoms with E-state index >= 15 is 4.39 Å². The molecule has 0 aromatic rings. The first kappa shape index (κ1) is 28.6. The molecule has 0 radical (unpaired) electrons. The largest absolute Gasteiger partial charge is 0.392 e. The van der Waals surface area contributed by atoms with Crippen molar-refractivity contribution in [3.05, 3.63) is 11.6 Å². The van der Waals surface area contributed by atoms with E-state index in [2.05, 4.69) is 37.5 Å². The average Bonchev–Trinajstić information content (AvgIpc) is 3.32. The molecule has 2 saturated heterocycles. The van der Waals surface area contributed by atoms with Gasteiger partial charge in [-0.15, -0.1) is 11.8 Å². The molecule has 206 valence electrons. The minimum Gasteiger partial charge on any atom is -0.392 e. The van der Waals surface area contributed by atoms with Crippen LogP contribution in [0.15, 0.2) is 11.6 Å². The van der Waals surface area contributed by atoms with E-state index in [0.717, 1.165) is 50.5 Å². The summed E-state index contributed by atoms with van der Waals surface area (Å²) in [5.41, 5.74) is -0.851. The van der Waals surface area contributed by atoms with E-state index in [-0.39, 0.29) is 36.6 Å². The number of hydrogen-bond acceptors (Lipinski definition) is 5. The molecule has 4 fully saturated rings. The minimum atomic E-state index is -1.48. The van der Waals surface area contributed by atoms with Crippen LogP contribution in [-0.2, 0) is 18.9 Å². The maximum absolute atomic E-state index is 16.8. The number of alkyl halides is 1. The van der Waals surface area contributed by atoms with Gasteiger partial charge in [0.25, 0.3) is 0 Å². The van der Waals surface area contributed by atoms with Crippen LogP contribution in [-0.4, -0.2) is 55.4 Å². The Balaban J connectivity index is 1.60. The fourth-order valence-electron chi connectivity index (χ4n) is 6.12. The zero-order chi connectivity index (χ0) is 26.3. The van der Waals surface area contributed by atoms with Crippen LogP contribution in [0.1, 0.15) is 91.4 Å². The van der Waals surface area contributed by atoms with Crippen LogP contribution in [0.4, 0.5) is 4.39 Å². The third-order valence-corrected chi connectivity index (χ3v) is 8.29. The van der Waals surface area contributed by atoms with Crippen LogP contribution < -0.4 is 0 Å². The fraction of sp³-hybridized carbons (Fsp3) is 0.806. The van der Waals surface area contributed by atoms with Crippen molar-refractivity contribution in [2.75, 3.05) is 19.8 Å². The second kappa shape index (κ2) is 13.1. The molecule has 4 aliphatic rings. The van der Waals surface area contributed by atoms with Gasteiger partial charge in [-0.1, -0.05) is 44.3 Å². The number of aliphatic hydroxyl groups is 1. The second-order valence-electron chi connectivity index (χ2n) is 11.7. The molecular formula is C31H45FO5. The van der Waals surface area contributed by atoms with Crippen molar-refractivity contribution in [3.8, 4) is 23.7 Å². The van der Waals surface area contributed by atoms with Gasteiger partial charge in [-0.05, 0) is 51.4 Å². The summed E-state index contributed by atoms with van der Waals surface area (Å²) in [5, 5.41) is 9.41. The molecule has 7 atom stereocenters. The number of fused-ring (bicyclic) bond motifs is 1. The molecule has 2 heterocycles. The third kappa shape index (κ3) is 7.17. The molecule has 2 aliphatic heterocycles. The molecule has 2 unspecified atom stereocenters. The van der Waals surface area contributed by atoms with Gasteiger partial charge in [-0.2, -0.15) is 0 Å². The molecule has 5 nitrogen and oxygen atoms in total. The van der Waals surface area contributed by atoms with Crippen molar-refractivity contribution in [1.82, 2.24) is 0 Å². The van der Waals surface area contributed by atoms with Crippen LogP contribution >= 0.6 is 0 Å². The summed E-state index contributed by atoms with van der Waals surface area (Å²) in [6, 6.07) is 0. The average molecular weight is 517 g/mol. The Labute approximate surface area is 222 Å². The van der Waals surface area contributed by atoms with E-state index in [1.165, 1.54) is 0 Å². The number of rotatable bonds is 7. The Hall–Kier alpha value is -1.41. The SMILES string of the molecule is CCC#CCC(C)(C)[C@@H](C#C[C@H]1[C@H](OC2CCCCO2)C[C@@H]2CC(=CCO)C[C@]21F)OC1CCCCO1. The lowest BCUT2D eigenvalue weighted by molar-refractivity contribution is -0.195. The lowest BCUT2D eigenvalue weighted by Crippen LogP contribution is -2.38. The molecule has 2 saturated carbocycles. The van der Waals surface area contributed by atoms with Gasteiger partial charge in [0.15, 0.2) is 12.6 Å². The third-order valence-electron chi connectivity index (χ3n) is 8.29. The number of hydrogen-bond donors (Lipinski definition) is 1. The topological polar surface area (TPSA) is 57.2 Å². The number of halogens is 1. The first-order valence-corrected chi connectivity index (χ1v) is 14.3. The van der Waals surface area contributed by atoms with Crippen LogP contribution in [0.2, 0.25) is 0 Å². The van der Waals surface area contributed by atoms with Crippen LogP contribution in [0.5, 0.6) is 0 Å². The number of aliphatic hydroxyl groups excluding tert-OH is 1. The Kier molecular flexibility index (Phi) is 10.1. The smallest absolute Gasteiger partial charge is 0.159 e. The summed E-state index contributed by atoms with van der Waals surface area (Å²) >= 11 is 0. The molecule has 6 heteroatoms. The van der Waals surface area contributed by atoms with Crippen molar-refractivity contribution in [3.63, 3.8) is 0 Å². The summed E-state index contributed by atoms with van der Waals surface area (Å²) in [5.74, 6) is 12.4. The molecule has 0 aromatic heterocycles. The summed E-state index contributed by atoms with van der Waals surface area (Å²) in [7, 11) is 0. The van der Waals surface area contributed by atoms with Gasteiger partial charge in [0, 0.05) is 43.8 Å². The second-order valence-corrected chi connectivity index (χ2v) is 11.7. The Morgan fingerprint density at radius 1 is 1.14 bits per heavy atom. The number of allylic oxidation sites excluding steroid dienone is 1. The van der Waals surface area contributed by atoms with Gasteiger partial charge < -0.3 is 24.1 Å². The van der Waals surface area contributed by atoms with Gasteiger partial charge >= 0.3 is 0 Å². The normalized spacial score (nSPS) is 35.8. The molecule has 1 N–H and O–H groups in total. The highest BCUT2D eigenvalue weighted by atomic mass is 19.1. The maximum Gasteiger partial charge on any atom is 0.159 e. The zero-order valence-electron chi connectivity index (χ0n) is 22.9. The standard InChI is InChI=1S/C31H45FO5/c1-4-5-8-16-30(2,3)27(37-29-12-7-10-19-35-29)14-13-25-26(36-28-11-6-9-18-34-28)21-24-20-23(15-17-33)22-31(24,25)32/h15,24-29,33H,4,6-7,9-12,16-22H2,1-3H3/t24-,25-,26+,27+,28?,29?,31-/m0/s1. The molecule has 0 spiro atoms. The van der Waals surface area contributed by atoms with Gasteiger partial charge in [-0.3, -0.25) is 0 Å². The first-order valence-electron chi connectivity index (χ1n) is 14.3. The molecule has 0 amide bonds. The molecule has 0 bridgehead atoms. The van der Waals surface area contributed by atoms with E-state index < -0.39 is 17.7 Å². The van der Waals surface area contributed by atoms with Crippen LogP contribution in [0.3, 0.4) is 0 Å². The molecule has 0 aromatic carbocycles. The minimum absolute atomic E-state index is 0.0609. The summed E-state index contributed by atoms with van der Waals surface area (Å²) in [6.07, 6.45) is 9.29. The van der Waals surface area contributed by atoms with Crippen molar-refractivity contribution < 1.29 is 28.4 Å². The van der Waals surface area contributed by atoms with E-state index in [4.69, 9.17) is 18.9 Å². The number of ether oxygens (including phenoxy) is 4. The molecular weight excluding hydrogens is 471 g/mol. The fourth-order valence-corrected chi connectivity index (χ4v) is 6.12. The van der Waals surface area contributed by atoms with Crippen LogP contribution in [0, 0.1) is 40.9 Å². The van der Waals surface area contributed by atoms with Crippen molar-refractivity contribution in [1.29, 1.82) is 0 Å². The Morgan fingerprint density at radius 3 is 2.51 bits per heavy atom. The van der Waals surface area contributed by atoms with E-state index in [1.807, 2.05) is 6.92 Å². The van der Waals surface area contributed by atoms with E-state index in [1.54, 1.807) is 6.08 Å². The summed E-state index contributed by atoms with van der Waals surface area (Å²) in [4.78, 5) is 0. The lowest BCUT2D eigenvalue weighted by Gasteiger charge is -2.34. The van der Waals surface area contributed by atoms with Crippen molar-refractivity contribution in [2.24, 2.45) is 17.3 Å². The summed E-state index contributed by atoms with van der Waals surface area (Å²) < 4.78 is 41.3. The van der Waals surface area contributed by atoms with E-state index in [9.17, 15) is 5.11 Å². The van der Waals surface area contributed by atoms with Gasteiger partial charge in [0.05, 0.1) is 18.6 Å². The maximum atomic E-state index is 16.8. The summed E-state index contributed by atoms with van der Waals surface area (Å²) in [6.45, 7) is 7.59. The highest BCUT2D eigenvalue weighted by Gasteiger charge is 2.60. The van der Waals surface area contributed by atoms with Gasteiger partial charge in [0.2, 0.25) is 0 Å². The van der Waals surface area contributed by atoms with Crippen molar-refractivity contribution in [2.45, 2.75) is 122 Å². The highest BCUT2D eigenvalue weighted by molar-refractivity contribution is 5.29. The quantitative estimate of drug-likeness (QED) is 0.348. The lowest BCUT2D eigenvalue weighted by atomic mass is 9.82. The van der Waals surface area contributed by atoms with Gasteiger partial charge in [0.1, 0.15) is 11.8 Å². The van der Waals surface area contributed by atoms with E-state index in [0.29, 0.717) is 38.9 Å². The molecule has 37 heavy (non-hydrogen) atoms. The Morgan fingerprint density at radius 2 is 1.86 bits per heavy atom. The zero-order valence-corrected chi connectivity index (χ0v) is 22.9. The predicted molar refractivity (Wildman–Crippen MR) is 141 cm³/mol. The molecule has 2 aliphatic carbocycles. The Bertz CT molecular complexity index is 896. The van der Waals surface area contributed by atoms with Gasteiger partial charge in [-0.25, -0.2) is 4.39 Å². The highest BCUT2D eigenvalue weighted by Crippen LogP contribution is 2.56. The molecule has 4 rings (SSSR count). The first-order chi connectivity index (χ1) is 17.9.